The van der Waals surface area contributed by atoms with Gasteiger partial charge in [0, 0.05) is 52.9 Å². The van der Waals surface area contributed by atoms with Crippen molar-refractivity contribution in [2.24, 2.45) is 5.73 Å². The van der Waals surface area contributed by atoms with Crippen LogP contribution in [0.1, 0.15) is 12.8 Å². The quantitative estimate of drug-likeness (QED) is 0.548. The lowest BCUT2D eigenvalue weighted by Gasteiger charge is -2.31. The maximum absolute atomic E-state index is 14.3. The van der Waals surface area contributed by atoms with Gasteiger partial charge in [0.2, 0.25) is 0 Å². The molecular formula is C23H22FN5. The molecule has 146 valence electrons. The van der Waals surface area contributed by atoms with Crippen LogP contribution in [-0.4, -0.2) is 34.1 Å². The van der Waals surface area contributed by atoms with E-state index in [9.17, 15) is 4.39 Å². The van der Waals surface area contributed by atoms with Crippen molar-refractivity contribution in [2.75, 3.05) is 18.0 Å². The summed E-state index contributed by atoms with van der Waals surface area (Å²) in [6, 6.07) is 13.1. The summed E-state index contributed by atoms with van der Waals surface area (Å²) < 4.78 is 14.3. The van der Waals surface area contributed by atoms with Gasteiger partial charge in [0.15, 0.2) is 0 Å². The second-order valence-electron chi connectivity index (χ2n) is 7.55. The number of benzene rings is 2. The Morgan fingerprint density at radius 2 is 2.00 bits per heavy atom. The number of rotatable bonds is 3. The van der Waals surface area contributed by atoms with Gasteiger partial charge in [0.25, 0.3) is 0 Å². The van der Waals surface area contributed by atoms with Crippen molar-refractivity contribution in [3.63, 3.8) is 0 Å². The van der Waals surface area contributed by atoms with Gasteiger partial charge in [-0.05, 0) is 31.0 Å². The number of halogens is 1. The fraction of sp³-hybridized carbons (Fsp3) is 0.217. The lowest BCUT2D eigenvalue weighted by atomic mass is 10.0. The SMILES string of the molecule is NC1CCCN(c2cncc(-c3ccc4[nH]cc(-c5ccccc5F)c4c3)n2)C1. The predicted octanol–water partition coefficient (Wildman–Crippen LogP) is 4.36. The number of hydrogen-bond donors (Lipinski definition) is 2. The molecule has 3 N–H and O–H groups in total. The third kappa shape index (κ3) is 3.36. The van der Waals surface area contributed by atoms with Crippen LogP contribution in [0.2, 0.25) is 0 Å². The molecule has 1 aliphatic heterocycles. The normalized spacial score (nSPS) is 17.0. The number of piperidine rings is 1. The number of nitrogens with one attached hydrogen (secondary N) is 1. The molecule has 1 unspecified atom stereocenters. The minimum absolute atomic E-state index is 0.175. The van der Waals surface area contributed by atoms with Crippen LogP contribution < -0.4 is 10.6 Å². The van der Waals surface area contributed by atoms with Crippen molar-refractivity contribution in [3.8, 4) is 22.4 Å². The van der Waals surface area contributed by atoms with Gasteiger partial charge in [-0.15, -0.1) is 0 Å². The highest BCUT2D eigenvalue weighted by Gasteiger charge is 2.19. The fourth-order valence-corrected chi connectivity index (χ4v) is 4.05. The van der Waals surface area contributed by atoms with Crippen LogP contribution in [0.4, 0.5) is 10.2 Å². The lowest BCUT2D eigenvalue weighted by Crippen LogP contribution is -2.43. The van der Waals surface area contributed by atoms with Crippen molar-refractivity contribution < 1.29 is 4.39 Å². The fourth-order valence-electron chi connectivity index (χ4n) is 4.05. The van der Waals surface area contributed by atoms with Gasteiger partial charge in [-0.25, -0.2) is 9.37 Å². The molecule has 1 fully saturated rings. The second kappa shape index (κ2) is 7.29. The molecule has 0 amide bonds. The van der Waals surface area contributed by atoms with Crippen LogP contribution in [0.25, 0.3) is 33.3 Å². The maximum atomic E-state index is 14.3. The standard InChI is InChI=1S/C23H22FN5/c24-20-6-2-1-5-17(20)19-11-27-21-8-7-15(10-18(19)21)22-12-26-13-23(28-22)29-9-3-4-16(25)14-29/h1-2,5-8,10-13,16,27H,3-4,9,14,25H2. The topological polar surface area (TPSA) is 70.8 Å². The number of H-pyrrole nitrogens is 1. The van der Waals surface area contributed by atoms with E-state index in [1.165, 1.54) is 6.07 Å². The Morgan fingerprint density at radius 3 is 2.86 bits per heavy atom. The van der Waals surface area contributed by atoms with Crippen molar-refractivity contribution in [2.45, 2.75) is 18.9 Å². The third-order valence-electron chi connectivity index (χ3n) is 5.55. The molecule has 5 nitrogen and oxygen atoms in total. The van der Waals surface area contributed by atoms with Gasteiger partial charge in [-0.2, -0.15) is 0 Å². The zero-order valence-electron chi connectivity index (χ0n) is 16.0. The van der Waals surface area contributed by atoms with Gasteiger partial charge in [-0.1, -0.05) is 24.3 Å². The zero-order valence-corrected chi connectivity index (χ0v) is 16.0. The van der Waals surface area contributed by atoms with Crippen molar-refractivity contribution in [3.05, 3.63) is 66.9 Å². The Labute approximate surface area is 168 Å². The first-order valence-corrected chi connectivity index (χ1v) is 9.88. The molecule has 0 spiro atoms. The summed E-state index contributed by atoms with van der Waals surface area (Å²) in [5.74, 6) is 0.614. The highest BCUT2D eigenvalue weighted by atomic mass is 19.1. The van der Waals surface area contributed by atoms with Crippen LogP contribution in [0.3, 0.4) is 0 Å². The van der Waals surface area contributed by atoms with Crippen molar-refractivity contribution in [1.29, 1.82) is 0 Å². The van der Waals surface area contributed by atoms with Crippen LogP contribution in [-0.2, 0) is 0 Å². The molecule has 1 aliphatic rings. The number of anilines is 1. The monoisotopic (exact) mass is 387 g/mol. The van der Waals surface area contributed by atoms with Gasteiger partial charge in [0.05, 0.1) is 18.1 Å². The molecule has 3 heterocycles. The van der Waals surface area contributed by atoms with E-state index in [1.807, 2.05) is 30.5 Å². The van der Waals surface area contributed by atoms with Gasteiger partial charge < -0.3 is 15.6 Å². The Kier molecular flexibility index (Phi) is 4.48. The summed E-state index contributed by atoms with van der Waals surface area (Å²) in [6.07, 6.45) is 7.52. The second-order valence-corrected chi connectivity index (χ2v) is 7.55. The van der Waals surface area contributed by atoms with Crippen LogP contribution in [0, 0.1) is 5.82 Å². The number of fused-ring (bicyclic) bond motifs is 1. The number of aromatic nitrogens is 3. The largest absolute Gasteiger partial charge is 0.361 e. The zero-order chi connectivity index (χ0) is 19.8. The van der Waals surface area contributed by atoms with E-state index in [0.717, 1.165) is 59.5 Å². The summed E-state index contributed by atoms with van der Waals surface area (Å²) >= 11 is 0. The van der Waals surface area contributed by atoms with Gasteiger partial charge in [0.1, 0.15) is 11.6 Å². The van der Waals surface area contributed by atoms with E-state index in [2.05, 4.69) is 14.9 Å². The smallest absolute Gasteiger partial charge is 0.147 e. The Bertz CT molecular complexity index is 1170. The Hall–Kier alpha value is -3.25. The summed E-state index contributed by atoms with van der Waals surface area (Å²) in [5, 5.41) is 0.958. The van der Waals surface area contributed by atoms with Crippen LogP contribution in [0.15, 0.2) is 61.1 Å². The maximum Gasteiger partial charge on any atom is 0.147 e. The first-order valence-electron chi connectivity index (χ1n) is 9.88. The molecule has 0 bridgehead atoms. The average molecular weight is 387 g/mol. The van der Waals surface area contributed by atoms with Crippen molar-refractivity contribution >= 4 is 16.7 Å². The summed E-state index contributed by atoms with van der Waals surface area (Å²) in [7, 11) is 0. The summed E-state index contributed by atoms with van der Waals surface area (Å²) in [5.41, 5.74) is 10.2. The highest BCUT2D eigenvalue weighted by Crippen LogP contribution is 2.33. The average Bonchev–Trinajstić information content (AvgIpc) is 3.17. The Balaban J connectivity index is 1.55. The van der Waals surface area contributed by atoms with E-state index in [0.29, 0.717) is 5.56 Å². The number of aromatic amines is 1. The van der Waals surface area contributed by atoms with Crippen LogP contribution in [0.5, 0.6) is 0 Å². The first-order chi connectivity index (χ1) is 14.2. The first kappa shape index (κ1) is 17.8. The van der Waals surface area contributed by atoms with Crippen LogP contribution >= 0.6 is 0 Å². The third-order valence-corrected chi connectivity index (χ3v) is 5.55. The molecule has 1 saturated heterocycles. The number of nitrogens with two attached hydrogens (primary N) is 1. The van der Waals surface area contributed by atoms with Gasteiger partial charge >= 0.3 is 0 Å². The molecule has 0 aliphatic carbocycles. The summed E-state index contributed by atoms with van der Waals surface area (Å²) in [6.45, 7) is 1.74. The number of nitrogens with zero attached hydrogens (tertiary/aromatic N) is 3. The van der Waals surface area contributed by atoms with E-state index in [4.69, 9.17) is 10.7 Å². The molecule has 2 aromatic heterocycles. The molecule has 29 heavy (non-hydrogen) atoms. The molecule has 6 heteroatoms. The van der Waals surface area contributed by atoms with E-state index >= 15 is 0 Å². The highest BCUT2D eigenvalue weighted by molar-refractivity contribution is 5.97. The molecule has 4 aromatic rings. The van der Waals surface area contributed by atoms with E-state index < -0.39 is 0 Å². The minimum Gasteiger partial charge on any atom is -0.361 e. The minimum atomic E-state index is -0.234. The molecule has 1 atom stereocenters. The molecule has 5 rings (SSSR count). The van der Waals surface area contributed by atoms with Gasteiger partial charge in [-0.3, -0.25) is 4.98 Å². The van der Waals surface area contributed by atoms with E-state index in [1.54, 1.807) is 24.5 Å². The number of hydrogen-bond acceptors (Lipinski definition) is 4. The van der Waals surface area contributed by atoms with E-state index in [-0.39, 0.29) is 11.9 Å². The lowest BCUT2D eigenvalue weighted by molar-refractivity contribution is 0.503. The molecule has 2 aromatic carbocycles. The predicted molar refractivity (Wildman–Crippen MR) is 114 cm³/mol. The molecular weight excluding hydrogens is 365 g/mol. The molecule has 0 saturated carbocycles. The van der Waals surface area contributed by atoms with Crippen molar-refractivity contribution in [1.82, 2.24) is 15.0 Å². The molecule has 0 radical (unpaired) electrons. The summed E-state index contributed by atoms with van der Waals surface area (Å²) in [4.78, 5) is 14.7. The Morgan fingerprint density at radius 1 is 1.10 bits per heavy atom.